The molecule has 3 saturated heterocycles. The molecule has 0 aliphatic carbocycles. The summed E-state index contributed by atoms with van der Waals surface area (Å²) < 4.78 is 10.2. The molecule has 1 aromatic rings. The van der Waals surface area contributed by atoms with E-state index in [1.54, 1.807) is 11.0 Å². The quantitative estimate of drug-likeness (QED) is 0.698. The van der Waals surface area contributed by atoms with E-state index in [9.17, 15) is 19.5 Å². The fourth-order valence-electron chi connectivity index (χ4n) is 6.76. The van der Waals surface area contributed by atoms with Crippen LogP contribution in [0.1, 0.15) is 65.3 Å². The van der Waals surface area contributed by atoms with E-state index in [1.807, 2.05) is 13.0 Å². The molecule has 0 aromatic heterocycles. The maximum atomic E-state index is 13.4. The van der Waals surface area contributed by atoms with Gasteiger partial charge in [0.1, 0.15) is 13.2 Å². The van der Waals surface area contributed by atoms with Crippen molar-refractivity contribution in [3.8, 4) is 0 Å². The third-order valence-corrected chi connectivity index (χ3v) is 8.48. The minimum absolute atomic E-state index is 0.128. The number of aliphatic hydroxyl groups is 1. The van der Waals surface area contributed by atoms with E-state index in [4.69, 9.17) is 9.47 Å². The number of ether oxygens (including phenoxy) is 2. The SMILES string of the molecule is Cc1c([C@@H](O)CN2[C@@H]3CC[C@H]2C[C@]2(CCN(C4=CC(=O)OC4)C2=O)C3)ccc2c1COC2=O. The first kappa shape index (κ1) is 20.9. The minimum Gasteiger partial charge on any atom is -0.457 e. The summed E-state index contributed by atoms with van der Waals surface area (Å²) in [7, 11) is 0. The van der Waals surface area contributed by atoms with Crippen molar-refractivity contribution in [1.82, 2.24) is 9.80 Å². The molecule has 5 aliphatic heterocycles. The fourth-order valence-corrected chi connectivity index (χ4v) is 6.76. The highest BCUT2D eigenvalue weighted by atomic mass is 16.5. The second-order valence-corrected chi connectivity index (χ2v) is 10.1. The maximum Gasteiger partial charge on any atom is 0.338 e. The summed E-state index contributed by atoms with van der Waals surface area (Å²) in [6, 6.07) is 4.12. The molecular weight excluding hydrogens is 424 g/mol. The molecule has 1 aromatic carbocycles. The Morgan fingerprint density at radius 2 is 1.88 bits per heavy atom. The van der Waals surface area contributed by atoms with Crippen molar-refractivity contribution in [3.63, 3.8) is 0 Å². The highest BCUT2D eigenvalue weighted by Gasteiger charge is 2.56. The van der Waals surface area contributed by atoms with Crippen LogP contribution in [0.2, 0.25) is 0 Å². The van der Waals surface area contributed by atoms with Crippen molar-refractivity contribution < 1.29 is 29.0 Å². The molecule has 0 radical (unpaired) electrons. The summed E-state index contributed by atoms with van der Waals surface area (Å²) in [5.41, 5.74) is 3.54. The van der Waals surface area contributed by atoms with Crippen molar-refractivity contribution >= 4 is 17.8 Å². The molecule has 8 heteroatoms. The standard InChI is InChI=1S/C25H28N2O6/c1-14-18(4-5-19-20(14)13-33-23(19)30)21(28)11-27-15-2-3-16(27)10-25(9-15)6-7-26(24(25)31)17-8-22(29)32-12-17/h4-5,8,15-16,21,28H,2-3,6-7,9-13H2,1H3/t15-,16+,21-,25+/m0/s1. The molecule has 1 amide bonds. The molecule has 1 spiro atoms. The van der Waals surface area contributed by atoms with Crippen LogP contribution in [0.15, 0.2) is 23.9 Å². The average molecular weight is 453 g/mol. The van der Waals surface area contributed by atoms with Crippen LogP contribution in [0.3, 0.4) is 0 Å². The summed E-state index contributed by atoms with van der Waals surface area (Å²) in [5, 5.41) is 11.1. The minimum atomic E-state index is -0.661. The number of cyclic esters (lactones) is 2. The highest BCUT2D eigenvalue weighted by molar-refractivity contribution is 5.94. The lowest BCUT2D eigenvalue weighted by Gasteiger charge is -2.44. The number of aliphatic hydroxyl groups excluding tert-OH is 1. The number of carbonyl (C=O) groups is 3. The number of benzene rings is 1. The molecule has 2 bridgehead atoms. The largest absolute Gasteiger partial charge is 0.457 e. The first-order chi connectivity index (χ1) is 15.9. The zero-order chi connectivity index (χ0) is 22.9. The van der Waals surface area contributed by atoms with Gasteiger partial charge in [0, 0.05) is 36.8 Å². The van der Waals surface area contributed by atoms with Crippen molar-refractivity contribution in [2.75, 3.05) is 19.7 Å². The van der Waals surface area contributed by atoms with Crippen LogP contribution in [0.4, 0.5) is 0 Å². The van der Waals surface area contributed by atoms with E-state index < -0.39 is 6.10 Å². The number of fused-ring (bicyclic) bond motifs is 3. The van der Waals surface area contributed by atoms with Crippen LogP contribution in [-0.2, 0) is 25.7 Å². The lowest BCUT2D eigenvalue weighted by Crippen LogP contribution is -2.51. The first-order valence-electron chi connectivity index (χ1n) is 11.8. The van der Waals surface area contributed by atoms with Gasteiger partial charge in [0.2, 0.25) is 5.91 Å². The third-order valence-electron chi connectivity index (χ3n) is 8.48. The Kier molecular flexibility index (Phi) is 4.68. The smallest absolute Gasteiger partial charge is 0.338 e. The maximum absolute atomic E-state index is 13.4. The van der Waals surface area contributed by atoms with Gasteiger partial charge in [0.05, 0.1) is 22.8 Å². The number of rotatable bonds is 4. The number of hydrogen-bond donors (Lipinski definition) is 1. The van der Waals surface area contributed by atoms with Gasteiger partial charge in [-0.3, -0.25) is 9.69 Å². The average Bonchev–Trinajstić information content (AvgIpc) is 3.51. The molecule has 5 heterocycles. The Hall–Kier alpha value is -2.71. The van der Waals surface area contributed by atoms with E-state index in [1.165, 1.54) is 6.08 Å². The Morgan fingerprint density at radius 3 is 2.58 bits per heavy atom. The van der Waals surface area contributed by atoms with E-state index >= 15 is 0 Å². The molecule has 1 N–H and O–H groups in total. The van der Waals surface area contributed by atoms with E-state index in [0.717, 1.165) is 48.8 Å². The van der Waals surface area contributed by atoms with Crippen LogP contribution >= 0.6 is 0 Å². The van der Waals surface area contributed by atoms with Gasteiger partial charge in [-0.05, 0) is 56.2 Å². The Bertz CT molecular complexity index is 1080. The summed E-state index contributed by atoms with van der Waals surface area (Å²) in [4.78, 5) is 40.9. The lowest BCUT2D eigenvalue weighted by atomic mass is 9.73. The van der Waals surface area contributed by atoms with Gasteiger partial charge in [-0.1, -0.05) is 6.07 Å². The van der Waals surface area contributed by atoms with Gasteiger partial charge in [0.25, 0.3) is 0 Å². The van der Waals surface area contributed by atoms with Crippen LogP contribution in [-0.4, -0.2) is 64.5 Å². The summed E-state index contributed by atoms with van der Waals surface area (Å²) in [6.45, 7) is 3.55. The molecule has 8 nitrogen and oxygen atoms in total. The summed E-state index contributed by atoms with van der Waals surface area (Å²) in [5.74, 6) is -0.545. The normalized spacial score (nSPS) is 31.8. The van der Waals surface area contributed by atoms with E-state index in [2.05, 4.69) is 4.90 Å². The molecule has 0 unspecified atom stereocenters. The summed E-state index contributed by atoms with van der Waals surface area (Å²) in [6.07, 6.45) is 5.22. The highest BCUT2D eigenvalue weighted by Crippen LogP contribution is 2.52. The number of nitrogens with zero attached hydrogens (tertiary/aromatic N) is 2. The summed E-state index contributed by atoms with van der Waals surface area (Å²) >= 11 is 0. The molecule has 3 fully saturated rings. The van der Waals surface area contributed by atoms with Crippen LogP contribution < -0.4 is 0 Å². The second-order valence-electron chi connectivity index (χ2n) is 10.1. The molecule has 33 heavy (non-hydrogen) atoms. The predicted molar refractivity (Wildman–Crippen MR) is 116 cm³/mol. The van der Waals surface area contributed by atoms with Crippen molar-refractivity contribution in [1.29, 1.82) is 0 Å². The number of carbonyl (C=O) groups excluding carboxylic acids is 3. The second kappa shape index (κ2) is 7.40. The van der Waals surface area contributed by atoms with Crippen LogP contribution in [0, 0.1) is 12.3 Å². The van der Waals surface area contributed by atoms with Crippen LogP contribution in [0.25, 0.3) is 0 Å². The zero-order valence-corrected chi connectivity index (χ0v) is 18.7. The van der Waals surface area contributed by atoms with Gasteiger partial charge >= 0.3 is 11.9 Å². The molecule has 4 atom stereocenters. The first-order valence-corrected chi connectivity index (χ1v) is 11.8. The number of piperidine rings is 1. The van der Waals surface area contributed by atoms with Crippen molar-refractivity contribution in [3.05, 3.63) is 46.2 Å². The van der Waals surface area contributed by atoms with Crippen molar-refractivity contribution in [2.45, 2.75) is 63.8 Å². The van der Waals surface area contributed by atoms with Gasteiger partial charge in [-0.15, -0.1) is 0 Å². The van der Waals surface area contributed by atoms with E-state index in [-0.39, 0.29) is 48.6 Å². The molecule has 174 valence electrons. The Morgan fingerprint density at radius 1 is 1.12 bits per heavy atom. The van der Waals surface area contributed by atoms with Gasteiger partial charge < -0.3 is 19.5 Å². The Balaban J connectivity index is 1.18. The Labute approximate surface area is 192 Å². The van der Waals surface area contributed by atoms with Gasteiger partial charge in [-0.2, -0.15) is 0 Å². The number of hydrogen-bond acceptors (Lipinski definition) is 7. The predicted octanol–water partition coefficient (Wildman–Crippen LogP) is 1.99. The van der Waals surface area contributed by atoms with E-state index in [0.29, 0.717) is 24.4 Å². The molecule has 0 saturated carbocycles. The number of likely N-dealkylation sites (tertiary alicyclic amines) is 1. The number of amides is 1. The monoisotopic (exact) mass is 452 g/mol. The van der Waals surface area contributed by atoms with Crippen LogP contribution in [0.5, 0.6) is 0 Å². The molecule has 6 rings (SSSR count). The van der Waals surface area contributed by atoms with Gasteiger partial charge in [-0.25, -0.2) is 9.59 Å². The fraction of sp³-hybridized carbons (Fsp3) is 0.560. The zero-order valence-electron chi connectivity index (χ0n) is 18.7. The number of esters is 2. The topological polar surface area (TPSA) is 96.4 Å². The molecule has 5 aliphatic rings. The van der Waals surface area contributed by atoms with Gasteiger partial charge in [0.15, 0.2) is 0 Å². The molecular formula is C25H28N2O6. The van der Waals surface area contributed by atoms with Crippen molar-refractivity contribution in [2.24, 2.45) is 5.41 Å². The third kappa shape index (κ3) is 3.14. The lowest BCUT2D eigenvalue weighted by molar-refractivity contribution is -0.140.